The van der Waals surface area contributed by atoms with Crippen LogP contribution >= 0.6 is 11.8 Å². The number of hydrogen-bond acceptors (Lipinski definition) is 5. The zero-order valence-electron chi connectivity index (χ0n) is 17.0. The number of benzene rings is 1. The molecule has 0 spiro atoms. The Morgan fingerprint density at radius 3 is 2.31 bits per heavy atom. The Morgan fingerprint density at radius 2 is 1.79 bits per heavy atom. The van der Waals surface area contributed by atoms with E-state index in [9.17, 15) is 13.2 Å². The Morgan fingerprint density at radius 1 is 1.14 bits per heavy atom. The molecule has 1 fully saturated rings. The van der Waals surface area contributed by atoms with Crippen molar-refractivity contribution >= 4 is 33.4 Å². The highest BCUT2D eigenvalue weighted by Gasteiger charge is 2.32. The molecule has 1 aliphatic heterocycles. The first kappa shape index (κ1) is 21.8. The third kappa shape index (κ3) is 5.18. The van der Waals surface area contributed by atoms with Gasteiger partial charge in [-0.2, -0.15) is 4.31 Å². The highest BCUT2D eigenvalue weighted by atomic mass is 32.2. The van der Waals surface area contributed by atoms with Crippen LogP contribution in [-0.2, 0) is 14.8 Å². The van der Waals surface area contributed by atoms with Crippen LogP contribution in [0.4, 0.5) is 5.69 Å². The molecule has 0 bridgehead atoms. The number of rotatable bonds is 6. The number of hydrogen-bond donors (Lipinski definition) is 1. The predicted molar refractivity (Wildman–Crippen MR) is 117 cm³/mol. The average molecular weight is 434 g/mol. The zero-order chi connectivity index (χ0) is 21.0. The van der Waals surface area contributed by atoms with Gasteiger partial charge in [0.05, 0.1) is 21.8 Å². The number of carbonyl (C=O) groups is 1. The van der Waals surface area contributed by atoms with Crippen molar-refractivity contribution in [1.29, 1.82) is 0 Å². The van der Waals surface area contributed by atoms with Crippen molar-refractivity contribution in [3.05, 3.63) is 48.2 Å². The summed E-state index contributed by atoms with van der Waals surface area (Å²) >= 11 is 1.54. The lowest BCUT2D eigenvalue weighted by molar-refractivity contribution is -0.120. The van der Waals surface area contributed by atoms with Gasteiger partial charge in [0.2, 0.25) is 15.9 Å². The fourth-order valence-electron chi connectivity index (χ4n) is 3.35. The normalized spacial score (nSPS) is 16.1. The number of nitrogens with one attached hydrogen (secondary N) is 1. The number of carbonyl (C=O) groups excluding carboxylic acids is 1. The molecule has 2 aromatic rings. The number of pyridine rings is 1. The van der Waals surface area contributed by atoms with Gasteiger partial charge in [-0.3, -0.25) is 4.79 Å². The molecule has 0 atom stereocenters. The summed E-state index contributed by atoms with van der Waals surface area (Å²) in [6.07, 6.45) is 4.60. The average Bonchev–Trinajstić information content (AvgIpc) is 2.74. The van der Waals surface area contributed by atoms with Crippen molar-refractivity contribution < 1.29 is 13.2 Å². The largest absolute Gasteiger partial charge is 0.324 e. The summed E-state index contributed by atoms with van der Waals surface area (Å²) < 4.78 is 27.3. The van der Waals surface area contributed by atoms with Crippen molar-refractivity contribution in [1.82, 2.24) is 9.29 Å². The fraction of sp³-hybridized carbons (Fsp3) is 0.429. The molecule has 8 heteroatoms. The number of piperidine rings is 1. The molecule has 2 heterocycles. The second-order valence-corrected chi connectivity index (χ2v) is 10.2. The van der Waals surface area contributed by atoms with Gasteiger partial charge in [-0.05, 0) is 54.8 Å². The molecule has 0 radical (unpaired) electrons. The molecule has 3 rings (SSSR count). The van der Waals surface area contributed by atoms with E-state index >= 15 is 0 Å². The van der Waals surface area contributed by atoms with E-state index in [4.69, 9.17) is 0 Å². The van der Waals surface area contributed by atoms with Crippen molar-refractivity contribution in [2.75, 3.05) is 24.7 Å². The first-order valence-corrected chi connectivity index (χ1v) is 12.4. The third-order valence-corrected chi connectivity index (χ3v) is 7.79. The van der Waals surface area contributed by atoms with Gasteiger partial charge in [0, 0.05) is 19.0 Å². The molecule has 1 amide bonds. The Hall–Kier alpha value is -1.90. The van der Waals surface area contributed by atoms with Crippen LogP contribution in [0.2, 0.25) is 0 Å². The molecular weight excluding hydrogens is 406 g/mol. The summed E-state index contributed by atoms with van der Waals surface area (Å²) in [5.41, 5.74) is 1.77. The van der Waals surface area contributed by atoms with Crippen LogP contribution in [0.1, 0.15) is 38.2 Å². The molecule has 0 saturated carbocycles. The van der Waals surface area contributed by atoms with Gasteiger partial charge in [0.25, 0.3) is 0 Å². The topological polar surface area (TPSA) is 79.4 Å². The number of thioether (sulfide) groups is 1. The van der Waals surface area contributed by atoms with E-state index in [0.29, 0.717) is 42.4 Å². The minimum absolute atomic E-state index is 0.0814. The molecule has 1 aliphatic rings. The Labute approximate surface area is 177 Å². The van der Waals surface area contributed by atoms with Crippen molar-refractivity contribution in [3.63, 3.8) is 0 Å². The van der Waals surface area contributed by atoms with Crippen LogP contribution in [0.15, 0.2) is 52.5 Å². The number of aromatic nitrogens is 1. The van der Waals surface area contributed by atoms with Crippen LogP contribution in [-0.4, -0.2) is 43.0 Å². The van der Waals surface area contributed by atoms with Crippen molar-refractivity contribution in [3.8, 4) is 0 Å². The summed E-state index contributed by atoms with van der Waals surface area (Å²) in [6, 6.07) is 10.8. The van der Waals surface area contributed by atoms with Crippen LogP contribution < -0.4 is 5.32 Å². The summed E-state index contributed by atoms with van der Waals surface area (Å²) in [5, 5.41) is 3.78. The lowest BCUT2D eigenvalue weighted by Gasteiger charge is -2.30. The summed E-state index contributed by atoms with van der Waals surface area (Å²) in [5.74, 6) is 0.0696. The Kier molecular flexibility index (Phi) is 6.97. The maximum Gasteiger partial charge on any atom is 0.243 e. The van der Waals surface area contributed by atoms with Gasteiger partial charge in [0.1, 0.15) is 0 Å². The molecule has 0 aliphatic carbocycles. The van der Waals surface area contributed by atoms with E-state index in [1.54, 1.807) is 30.1 Å². The highest BCUT2D eigenvalue weighted by molar-refractivity contribution is 7.98. The quantitative estimate of drug-likeness (QED) is 0.698. The standard InChI is InChI=1S/C21H27N3O3S2/c1-15(2)16-4-7-19(8-5-16)29(26,27)24-12-10-17(11-13-24)21(25)23-18-6-9-20(28-3)22-14-18/h4-9,14-15,17H,10-13H2,1-3H3,(H,23,25). The number of nitrogens with zero attached hydrogens (tertiary/aromatic N) is 2. The third-order valence-electron chi connectivity index (χ3n) is 5.22. The fourth-order valence-corrected chi connectivity index (χ4v) is 5.18. The van der Waals surface area contributed by atoms with Crippen LogP contribution in [0.25, 0.3) is 0 Å². The number of amides is 1. The molecular formula is C21H27N3O3S2. The lowest BCUT2D eigenvalue weighted by Crippen LogP contribution is -2.41. The SMILES string of the molecule is CSc1ccc(NC(=O)C2CCN(S(=O)(=O)c3ccc(C(C)C)cc3)CC2)cn1. The van der Waals surface area contributed by atoms with E-state index in [0.717, 1.165) is 10.6 Å². The summed E-state index contributed by atoms with van der Waals surface area (Å²) in [7, 11) is -3.53. The number of anilines is 1. The molecule has 156 valence electrons. The Balaban J connectivity index is 1.59. The van der Waals surface area contributed by atoms with Crippen LogP contribution in [0.5, 0.6) is 0 Å². The van der Waals surface area contributed by atoms with Crippen molar-refractivity contribution in [2.24, 2.45) is 5.92 Å². The maximum atomic E-state index is 12.9. The van der Waals surface area contributed by atoms with Gasteiger partial charge in [-0.1, -0.05) is 26.0 Å². The first-order chi connectivity index (χ1) is 13.8. The molecule has 0 unspecified atom stereocenters. The van der Waals surface area contributed by atoms with Crippen molar-refractivity contribution in [2.45, 2.75) is 42.5 Å². The van der Waals surface area contributed by atoms with Gasteiger partial charge < -0.3 is 5.32 Å². The van der Waals surface area contributed by atoms with E-state index in [1.807, 2.05) is 30.5 Å². The smallest absolute Gasteiger partial charge is 0.243 e. The number of sulfonamides is 1. The summed E-state index contributed by atoms with van der Waals surface area (Å²) in [4.78, 5) is 17.1. The van der Waals surface area contributed by atoms with Crippen LogP contribution in [0, 0.1) is 5.92 Å². The predicted octanol–water partition coefficient (Wildman–Crippen LogP) is 3.97. The second kappa shape index (κ2) is 9.28. The van der Waals surface area contributed by atoms with Gasteiger partial charge >= 0.3 is 0 Å². The van der Waals surface area contributed by atoms with Gasteiger partial charge in [-0.25, -0.2) is 13.4 Å². The first-order valence-electron chi connectivity index (χ1n) is 9.72. The molecule has 6 nitrogen and oxygen atoms in total. The Bertz CT molecular complexity index is 934. The minimum atomic E-state index is -3.53. The molecule has 1 saturated heterocycles. The maximum absolute atomic E-state index is 12.9. The van der Waals surface area contributed by atoms with Crippen LogP contribution in [0.3, 0.4) is 0 Å². The summed E-state index contributed by atoms with van der Waals surface area (Å²) in [6.45, 7) is 4.84. The zero-order valence-corrected chi connectivity index (χ0v) is 18.6. The monoisotopic (exact) mass is 433 g/mol. The minimum Gasteiger partial charge on any atom is -0.324 e. The molecule has 1 aromatic heterocycles. The van der Waals surface area contributed by atoms with Gasteiger partial charge in [0.15, 0.2) is 0 Å². The van der Waals surface area contributed by atoms with E-state index in [2.05, 4.69) is 24.1 Å². The second-order valence-electron chi connectivity index (χ2n) is 7.48. The van der Waals surface area contributed by atoms with Gasteiger partial charge in [-0.15, -0.1) is 11.8 Å². The molecule has 29 heavy (non-hydrogen) atoms. The van der Waals surface area contributed by atoms with E-state index < -0.39 is 10.0 Å². The highest BCUT2D eigenvalue weighted by Crippen LogP contribution is 2.26. The van der Waals surface area contributed by atoms with E-state index in [-0.39, 0.29) is 11.8 Å². The lowest BCUT2D eigenvalue weighted by atomic mass is 9.97. The molecule has 1 aromatic carbocycles. The van der Waals surface area contributed by atoms with E-state index in [1.165, 1.54) is 4.31 Å². The molecule has 1 N–H and O–H groups in total.